The van der Waals surface area contributed by atoms with Crippen molar-refractivity contribution in [3.63, 3.8) is 0 Å². The van der Waals surface area contributed by atoms with E-state index in [1.54, 1.807) is 0 Å². The highest BCUT2D eigenvalue weighted by molar-refractivity contribution is 5.89. The van der Waals surface area contributed by atoms with Crippen molar-refractivity contribution in [3.8, 4) is 0 Å². The molecule has 2 heteroatoms. The van der Waals surface area contributed by atoms with Crippen molar-refractivity contribution < 1.29 is 0 Å². The van der Waals surface area contributed by atoms with Gasteiger partial charge in [-0.15, -0.1) is 0 Å². The zero-order valence-corrected chi connectivity index (χ0v) is 11.2. The van der Waals surface area contributed by atoms with Crippen LogP contribution in [0.5, 0.6) is 0 Å². The molecule has 2 rings (SSSR count). The lowest BCUT2D eigenvalue weighted by molar-refractivity contribution is 0.338. The van der Waals surface area contributed by atoms with Gasteiger partial charge in [0.15, 0.2) is 0 Å². The Morgan fingerprint density at radius 2 is 1.88 bits per heavy atom. The van der Waals surface area contributed by atoms with Crippen LogP contribution in [0.15, 0.2) is 10.2 Å². The average molecular weight is 222 g/mol. The molecule has 0 amide bonds. The number of fused-ring (bicyclic) bond motifs is 1. The lowest BCUT2D eigenvalue weighted by atomic mass is 9.77. The van der Waals surface area contributed by atoms with Crippen molar-refractivity contribution in [1.82, 2.24) is 0 Å². The highest BCUT2D eigenvalue weighted by Crippen LogP contribution is 2.31. The van der Waals surface area contributed by atoms with Gasteiger partial charge in [0.25, 0.3) is 0 Å². The van der Waals surface area contributed by atoms with Crippen LogP contribution in [0.2, 0.25) is 0 Å². The van der Waals surface area contributed by atoms with E-state index in [1.165, 1.54) is 37.8 Å². The third-order valence-corrected chi connectivity index (χ3v) is 3.73. The van der Waals surface area contributed by atoms with Crippen LogP contribution in [0, 0.1) is 17.8 Å². The molecule has 0 aromatic carbocycles. The maximum absolute atomic E-state index is 4.19. The molecule has 0 N–H and O–H groups in total. The fraction of sp³-hybridized carbons (Fsp3) is 0.857. The molecule has 0 saturated heterocycles. The SMILES string of the molecule is CC.CC1=NN=CC2CCC(C)CCCC12. The summed E-state index contributed by atoms with van der Waals surface area (Å²) in [5.41, 5.74) is 1.26. The van der Waals surface area contributed by atoms with Gasteiger partial charge in [-0.05, 0) is 25.7 Å². The van der Waals surface area contributed by atoms with Crippen LogP contribution in [-0.4, -0.2) is 11.9 Å². The maximum Gasteiger partial charge on any atom is 0.0412 e. The number of hydrogen-bond acceptors (Lipinski definition) is 2. The second-order valence-corrected chi connectivity index (χ2v) is 4.89. The summed E-state index contributed by atoms with van der Waals surface area (Å²) in [5.74, 6) is 2.28. The quantitative estimate of drug-likeness (QED) is 0.583. The second kappa shape index (κ2) is 6.82. The third kappa shape index (κ3) is 3.43. The molecule has 0 aromatic rings. The Labute approximate surface area is 100 Å². The van der Waals surface area contributed by atoms with Gasteiger partial charge in [-0.25, -0.2) is 0 Å². The van der Waals surface area contributed by atoms with Crippen LogP contribution in [-0.2, 0) is 0 Å². The zero-order valence-electron chi connectivity index (χ0n) is 11.2. The summed E-state index contributed by atoms with van der Waals surface area (Å²) >= 11 is 0. The fourth-order valence-electron chi connectivity index (χ4n) is 2.70. The van der Waals surface area contributed by atoms with Gasteiger partial charge in [0, 0.05) is 23.8 Å². The molecule has 3 atom stereocenters. The van der Waals surface area contributed by atoms with Crippen molar-refractivity contribution in [2.75, 3.05) is 0 Å². The van der Waals surface area contributed by atoms with Gasteiger partial charge < -0.3 is 0 Å². The molecule has 1 saturated carbocycles. The first-order valence-electron chi connectivity index (χ1n) is 6.85. The molecule has 0 radical (unpaired) electrons. The number of nitrogens with zero attached hydrogens (tertiary/aromatic N) is 2. The first kappa shape index (κ1) is 13.4. The molecular formula is C14H26N2. The zero-order chi connectivity index (χ0) is 12.0. The fourth-order valence-corrected chi connectivity index (χ4v) is 2.70. The minimum atomic E-state index is 0.676. The van der Waals surface area contributed by atoms with Crippen molar-refractivity contribution in [2.24, 2.45) is 28.0 Å². The Morgan fingerprint density at radius 1 is 1.12 bits per heavy atom. The van der Waals surface area contributed by atoms with E-state index in [0.29, 0.717) is 11.8 Å². The van der Waals surface area contributed by atoms with Crippen molar-refractivity contribution in [2.45, 2.75) is 59.8 Å². The van der Waals surface area contributed by atoms with E-state index in [9.17, 15) is 0 Å². The lowest BCUT2D eigenvalue weighted by Gasteiger charge is -2.29. The second-order valence-electron chi connectivity index (χ2n) is 4.89. The monoisotopic (exact) mass is 222 g/mol. The van der Waals surface area contributed by atoms with E-state index < -0.39 is 0 Å². The molecule has 1 aliphatic carbocycles. The van der Waals surface area contributed by atoms with Crippen molar-refractivity contribution >= 4 is 11.9 Å². The molecule has 3 unspecified atom stereocenters. The lowest BCUT2D eigenvalue weighted by Crippen LogP contribution is -2.27. The maximum atomic E-state index is 4.19. The van der Waals surface area contributed by atoms with E-state index in [4.69, 9.17) is 0 Å². The first-order valence-corrected chi connectivity index (χ1v) is 6.85. The first-order chi connectivity index (χ1) is 7.77. The number of hydrogen-bond donors (Lipinski definition) is 0. The summed E-state index contributed by atoms with van der Waals surface area (Å²) < 4.78 is 0. The summed E-state index contributed by atoms with van der Waals surface area (Å²) in [6.45, 7) is 8.51. The summed E-state index contributed by atoms with van der Waals surface area (Å²) in [6.07, 6.45) is 8.82. The summed E-state index contributed by atoms with van der Waals surface area (Å²) in [7, 11) is 0. The van der Waals surface area contributed by atoms with Crippen LogP contribution in [0.4, 0.5) is 0 Å². The molecule has 0 aromatic heterocycles. The smallest absolute Gasteiger partial charge is 0.0412 e. The van der Waals surface area contributed by atoms with Gasteiger partial charge in [-0.1, -0.05) is 40.0 Å². The Kier molecular flexibility index (Phi) is 5.72. The van der Waals surface area contributed by atoms with E-state index in [0.717, 1.165) is 5.92 Å². The van der Waals surface area contributed by atoms with Gasteiger partial charge in [0.1, 0.15) is 0 Å². The molecule has 2 aliphatic rings. The van der Waals surface area contributed by atoms with Crippen molar-refractivity contribution in [3.05, 3.63) is 0 Å². The molecular weight excluding hydrogens is 196 g/mol. The molecule has 16 heavy (non-hydrogen) atoms. The average Bonchev–Trinajstić information content (AvgIpc) is 2.29. The predicted molar refractivity (Wildman–Crippen MR) is 72.2 cm³/mol. The van der Waals surface area contributed by atoms with E-state index in [1.807, 2.05) is 13.8 Å². The predicted octanol–water partition coefficient (Wildman–Crippen LogP) is 4.31. The van der Waals surface area contributed by atoms with Gasteiger partial charge in [0.2, 0.25) is 0 Å². The van der Waals surface area contributed by atoms with Crippen molar-refractivity contribution in [1.29, 1.82) is 0 Å². The Bertz CT molecular complexity index is 255. The van der Waals surface area contributed by atoms with Gasteiger partial charge in [0.05, 0.1) is 0 Å². The largest absolute Gasteiger partial charge is 0.163 e. The Morgan fingerprint density at radius 3 is 2.62 bits per heavy atom. The van der Waals surface area contributed by atoms with Gasteiger partial charge in [-0.2, -0.15) is 10.2 Å². The highest BCUT2D eigenvalue weighted by Gasteiger charge is 2.27. The van der Waals surface area contributed by atoms with Crippen LogP contribution >= 0.6 is 0 Å². The molecule has 1 heterocycles. The minimum absolute atomic E-state index is 0.676. The molecule has 0 spiro atoms. The Hall–Kier alpha value is -0.660. The standard InChI is InChI=1S/C12H20N2.C2H6/c1-9-4-3-5-12-10(2)14-13-8-11(12)7-6-9;1-2/h8-9,11-12H,3-7H2,1-2H3;1-2H3. The molecule has 2 nitrogen and oxygen atoms in total. The minimum Gasteiger partial charge on any atom is -0.163 e. The van der Waals surface area contributed by atoms with Crippen LogP contribution in [0.3, 0.4) is 0 Å². The Balaban J connectivity index is 0.000000606. The highest BCUT2D eigenvalue weighted by atomic mass is 15.2. The summed E-state index contributed by atoms with van der Waals surface area (Å²) in [6, 6.07) is 0. The molecule has 1 fully saturated rings. The topological polar surface area (TPSA) is 24.7 Å². The third-order valence-electron chi connectivity index (χ3n) is 3.73. The van der Waals surface area contributed by atoms with E-state index >= 15 is 0 Å². The van der Waals surface area contributed by atoms with E-state index in [-0.39, 0.29) is 0 Å². The van der Waals surface area contributed by atoms with Crippen LogP contribution in [0.1, 0.15) is 59.8 Å². The van der Waals surface area contributed by atoms with E-state index in [2.05, 4.69) is 30.3 Å². The molecule has 92 valence electrons. The molecule has 1 aliphatic heterocycles. The van der Waals surface area contributed by atoms with Crippen LogP contribution in [0.25, 0.3) is 0 Å². The molecule has 0 bridgehead atoms. The van der Waals surface area contributed by atoms with Gasteiger partial charge >= 0.3 is 0 Å². The number of rotatable bonds is 0. The van der Waals surface area contributed by atoms with Gasteiger partial charge in [-0.3, -0.25) is 0 Å². The summed E-state index contributed by atoms with van der Waals surface area (Å²) in [4.78, 5) is 0. The normalized spacial score (nSPS) is 33.8. The summed E-state index contributed by atoms with van der Waals surface area (Å²) in [5, 5.41) is 8.29. The van der Waals surface area contributed by atoms with Crippen LogP contribution < -0.4 is 0 Å².